The van der Waals surface area contributed by atoms with E-state index in [1.165, 1.54) is 43.3 Å². The summed E-state index contributed by atoms with van der Waals surface area (Å²) in [7, 11) is 1.16. The summed E-state index contributed by atoms with van der Waals surface area (Å²) in [6.07, 6.45) is -0.116. The van der Waals surface area contributed by atoms with Crippen molar-refractivity contribution in [2.24, 2.45) is 0 Å². The Morgan fingerprint density at radius 1 is 0.966 bits per heavy atom. The van der Waals surface area contributed by atoms with Crippen molar-refractivity contribution in [1.29, 1.82) is 0 Å². The van der Waals surface area contributed by atoms with E-state index in [4.69, 9.17) is 4.74 Å². The number of carbonyl (C=O) groups is 3. The van der Waals surface area contributed by atoms with Gasteiger partial charge in [0.05, 0.1) is 7.11 Å². The molecule has 2 aromatic carbocycles. The van der Waals surface area contributed by atoms with Crippen molar-refractivity contribution in [3.05, 3.63) is 71.3 Å². The van der Waals surface area contributed by atoms with Crippen LogP contribution in [0.15, 0.2) is 48.5 Å². The topological polar surface area (TPSA) is 84.5 Å². The zero-order valence-electron chi connectivity index (χ0n) is 16.1. The fourth-order valence-corrected chi connectivity index (χ4v) is 2.85. The van der Waals surface area contributed by atoms with Crippen molar-refractivity contribution in [2.75, 3.05) is 7.11 Å². The van der Waals surface area contributed by atoms with Crippen LogP contribution in [-0.4, -0.2) is 37.0 Å². The van der Waals surface area contributed by atoms with E-state index in [2.05, 4.69) is 10.6 Å². The SMILES string of the molecule is COC(=O)[C@@H](Cc1cccc(F)c1)NC(=O)[C@@H](Cc1ccccc1F)NC(C)=O. The lowest BCUT2D eigenvalue weighted by atomic mass is 10.0. The standard InChI is InChI=1S/C21H22F2N2O4/c1-13(26)24-18(12-15-7-3-4-9-17(15)23)20(27)25-19(21(28)29-2)11-14-6-5-8-16(22)10-14/h3-10,18-19H,11-12H2,1-2H3,(H,24,26)(H,25,27)/t18-,19-/m1/s1. The van der Waals surface area contributed by atoms with Gasteiger partial charge in [-0.2, -0.15) is 0 Å². The number of methoxy groups -OCH3 is 1. The molecule has 29 heavy (non-hydrogen) atoms. The van der Waals surface area contributed by atoms with Gasteiger partial charge in [-0.3, -0.25) is 9.59 Å². The van der Waals surface area contributed by atoms with Crippen LogP contribution in [0.5, 0.6) is 0 Å². The van der Waals surface area contributed by atoms with Gasteiger partial charge in [0.2, 0.25) is 11.8 Å². The maximum Gasteiger partial charge on any atom is 0.328 e. The van der Waals surface area contributed by atoms with Gasteiger partial charge in [0.15, 0.2) is 0 Å². The number of benzene rings is 2. The molecule has 2 atom stereocenters. The molecule has 2 aromatic rings. The minimum atomic E-state index is -1.11. The van der Waals surface area contributed by atoms with Gasteiger partial charge in [-0.05, 0) is 29.3 Å². The Hall–Kier alpha value is -3.29. The van der Waals surface area contributed by atoms with Crippen LogP contribution in [0.3, 0.4) is 0 Å². The zero-order chi connectivity index (χ0) is 21.4. The van der Waals surface area contributed by atoms with Gasteiger partial charge in [0, 0.05) is 19.8 Å². The minimum Gasteiger partial charge on any atom is -0.467 e. The predicted molar refractivity (Wildman–Crippen MR) is 102 cm³/mol. The number of halogens is 2. The molecule has 154 valence electrons. The molecule has 2 N–H and O–H groups in total. The zero-order valence-corrected chi connectivity index (χ0v) is 16.1. The van der Waals surface area contributed by atoms with E-state index < -0.39 is 41.5 Å². The number of nitrogens with one attached hydrogen (secondary N) is 2. The maximum absolute atomic E-state index is 14.0. The third-order valence-corrected chi connectivity index (χ3v) is 4.21. The van der Waals surface area contributed by atoms with Gasteiger partial charge in [-0.1, -0.05) is 30.3 Å². The molecule has 0 unspecified atom stereocenters. The Morgan fingerprint density at radius 2 is 1.69 bits per heavy atom. The van der Waals surface area contributed by atoms with E-state index in [0.717, 1.165) is 7.11 Å². The van der Waals surface area contributed by atoms with Gasteiger partial charge >= 0.3 is 5.97 Å². The Kier molecular flexibility index (Phi) is 7.82. The molecule has 0 heterocycles. The van der Waals surface area contributed by atoms with Crippen LogP contribution in [0.25, 0.3) is 0 Å². The van der Waals surface area contributed by atoms with Crippen LogP contribution in [0.2, 0.25) is 0 Å². The van der Waals surface area contributed by atoms with E-state index in [9.17, 15) is 23.2 Å². The smallest absolute Gasteiger partial charge is 0.328 e. The average molecular weight is 404 g/mol. The molecule has 0 spiro atoms. The molecule has 2 amide bonds. The predicted octanol–water partition coefficient (Wildman–Crippen LogP) is 1.91. The third kappa shape index (κ3) is 6.67. The highest BCUT2D eigenvalue weighted by Gasteiger charge is 2.28. The summed E-state index contributed by atoms with van der Waals surface area (Å²) in [4.78, 5) is 36.4. The number of hydrogen-bond acceptors (Lipinski definition) is 4. The van der Waals surface area contributed by atoms with E-state index in [-0.39, 0.29) is 18.4 Å². The highest BCUT2D eigenvalue weighted by atomic mass is 19.1. The van der Waals surface area contributed by atoms with Crippen molar-refractivity contribution >= 4 is 17.8 Å². The van der Waals surface area contributed by atoms with Crippen LogP contribution < -0.4 is 10.6 Å². The van der Waals surface area contributed by atoms with Crippen LogP contribution in [0.1, 0.15) is 18.1 Å². The summed E-state index contributed by atoms with van der Waals surface area (Å²) < 4.78 is 32.1. The third-order valence-electron chi connectivity index (χ3n) is 4.21. The highest BCUT2D eigenvalue weighted by Crippen LogP contribution is 2.11. The Bertz CT molecular complexity index is 888. The minimum absolute atomic E-state index is 0.0112. The average Bonchev–Trinajstić information content (AvgIpc) is 2.67. The van der Waals surface area contributed by atoms with Crippen LogP contribution >= 0.6 is 0 Å². The first-order valence-electron chi connectivity index (χ1n) is 8.93. The molecular weight excluding hydrogens is 382 g/mol. The number of ether oxygens (including phenoxy) is 1. The van der Waals surface area contributed by atoms with Crippen molar-refractivity contribution in [3.8, 4) is 0 Å². The number of rotatable bonds is 8. The first kappa shape index (κ1) is 22.0. The summed E-state index contributed by atoms with van der Waals surface area (Å²) >= 11 is 0. The lowest BCUT2D eigenvalue weighted by Crippen LogP contribution is -2.53. The monoisotopic (exact) mass is 404 g/mol. The highest BCUT2D eigenvalue weighted by molar-refractivity contribution is 5.90. The summed E-state index contributed by atoms with van der Waals surface area (Å²) in [5.74, 6) is -2.89. The summed E-state index contributed by atoms with van der Waals surface area (Å²) in [6.45, 7) is 1.23. The quantitative estimate of drug-likeness (QED) is 0.659. The molecule has 0 aromatic heterocycles. The lowest BCUT2D eigenvalue weighted by molar-refractivity contribution is -0.145. The lowest BCUT2D eigenvalue weighted by Gasteiger charge is -2.22. The number of esters is 1. The second-order valence-electron chi connectivity index (χ2n) is 6.47. The summed E-state index contributed by atoms with van der Waals surface area (Å²) in [5, 5.41) is 4.97. The first-order valence-corrected chi connectivity index (χ1v) is 8.93. The van der Waals surface area contributed by atoms with Gasteiger partial charge in [-0.25, -0.2) is 13.6 Å². The number of carbonyl (C=O) groups excluding carboxylic acids is 3. The fraction of sp³-hybridized carbons (Fsp3) is 0.286. The summed E-state index contributed by atoms with van der Waals surface area (Å²) in [5.41, 5.74) is 0.715. The second kappa shape index (κ2) is 10.3. The molecule has 8 heteroatoms. The molecular formula is C21H22F2N2O4. The van der Waals surface area contributed by atoms with E-state index >= 15 is 0 Å². The van der Waals surface area contributed by atoms with Gasteiger partial charge in [0.25, 0.3) is 0 Å². The molecule has 0 aliphatic heterocycles. The fourth-order valence-electron chi connectivity index (χ4n) is 2.85. The molecule has 6 nitrogen and oxygen atoms in total. The van der Waals surface area contributed by atoms with Gasteiger partial charge in [0.1, 0.15) is 23.7 Å². The molecule has 0 aliphatic carbocycles. The molecule has 0 bridgehead atoms. The largest absolute Gasteiger partial charge is 0.467 e. The molecule has 0 saturated heterocycles. The van der Waals surface area contributed by atoms with Crippen molar-refractivity contribution < 1.29 is 27.9 Å². The molecule has 2 rings (SSSR count). The molecule has 0 radical (unpaired) electrons. The van der Waals surface area contributed by atoms with Crippen LogP contribution in [-0.2, 0) is 32.0 Å². The number of amides is 2. The normalized spacial score (nSPS) is 12.6. The van der Waals surface area contributed by atoms with E-state index in [1.54, 1.807) is 12.1 Å². The Balaban J connectivity index is 2.19. The second-order valence-corrected chi connectivity index (χ2v) is 6.47. The molecule has 0 fully saturated rings. The molecule has 0 saturated carbocycles. The van der Waals surface area contributed by atoms with Crippen molar-refractivity contribution in [1.82, 2.24) is 10.6 Å². The summed E-state index contributed by atoms with van der Waals surface area (Å²) in [6, 6.07) is 9.26. The van der Waals surface area contributed by atoms with Crippen LogP contribution in [0.4, 0.5) is 8.78 Å². The van der Waals surface area contributed by atoms with Crippen molar-refractivity contribution in [3.63, 3.8) is 0 Å². The first-order chi connectivity index (χ1) is 13.8. The maximum atomic E-state index is 14.0. The van der Waals surface area contributed by atoms with E-state index in [0.29, 0.717) is 5.56 Å². The van der Waals surface area contributed by atoms with Crippen LogP contribution in [0, 0.1) is 11.6 Å². The number of hydrogen-bond donors (Lipinski definition) is 2. The molecule has 0 aliphatic rings. The Morgan fingerprint density at radius 3 is 2.31 bits per heavy atom. The van der Waals surface area contributed by atoms with E-state index in [1.807, 2.05) is 0 Å². The Labute approximate surface area is 167 Å². The van der Waals surface area contributed by atoms with Gasteiger partial charge < -0.3 is 15.4 Å². The van der Waals surface area contributed by atoms with Gasteiger partial charge in [-0.15, -0.1) is 0 Å². The van der Waals surface area contributed by atoms with Crippen molar-refractivity contribution in [2.45, 2.75) is 31.8 Å².